The van der Waals surface area contributed by atoms with E-state index in [9.17, 15) is 9.90 Å². The molecular formula is C13H25NO3S. The van der Waals surface area contributed by atoms with Crippen molar-refractivity contribution in [2.45, 2.75) is 63.5 Å². The minimum atomic E-state index is -0.829. The van der Waals surface area contributed by atoms with Gasteiger partial charge in [-0.3, -0.25) is 10.1 Å². The van der Waals surface area contributed by atoms with Gasteiger partial charge in [-0.2, -0.15) is 11.8 Å². The minimum Gasteiger partial charge on any atom is -0.480 e. The van der Waals surface area contributed by atoms with Crippen molar-refractivity contribution in [1.82, 2.24) is 5.32 Å². The highest BCUT2D eigenvalue weighted by molar-refractivity contribution is 7.99. The van der Waals surface area contributed by atoms with Crippen molar-refractivity contribution in [3.05, 3.63) is 0 Å². The molecule has 0 saturated carbocycles. The molecule has 0 aromatic rings. The maximum absolute atomic E-state index is 11.4. The van der Waals surface area contributed by atoms with Gasteiger partial charge in [0.25, 0.3) is 0 Å². The number of aliphatic carboxylic acids is 1. The van der Waals surface area contributed by atoms with E-state index in [1.165, 1.54) is 0 Å². The Kier molecular flexibility index (Phi) is 5.95. The van der Waals surface area contributed by atoms with E-state index in [0.717, 1.165) is 18.8 Å². The van der Waals surface area contributed by atoms with Crippen LogP contribution in [-0.4, -0.2) is 46.4 Å². The number of hydrogen-bond donors (Lipinski definition) is 2. The number of carboxylic acid groups (broad SMARTS) is 1. The van der Waals surface area contributed by atoms with Crippen molar-refractivity contribution >= 4 is 17.7 Å². The Balaban J connectivity index is 2.40. The first-order chi connectivity index (χ1) is 8.35. The standard InChI is InChI=1S/C13H25NO3S/c1-9(2)14-13(4,12(15)16)6-8-18-11-5-7-17-10(11)3/h9-11,14H,5-8H2,1-4H3,(H,15,16). The summed E-state index contributed by atoms with van der Waals surface area (Å²) in [7, 11) is 0. The molecule has 4 nitrogen and oxygen atoms in total. The fraction of sp³-hybridized carbons (Fsp3) is 0.923. The average molecular weight is 275 g/mol. The van der Waals surface area contributed by atoms with Gasteiger partial charge in [0.15, 0.2) is 0 Å². The molecule has 3 atom stereocenters. The Hall–Kier alpha value is -0.260. The first kappa shape index (κ1) is 15.8. The molecule has 1 fully saturated rings. The van der Waals surface area contributed by atoms with E-state index in [1.807, 2.05) is 25.6 Å². The van der Waals surface area contributed by atoms with Crippen LogP contribution in [0.3, 0.4) is 0 Å². The van der Waals surface area contributed by atoms with Gasteiger partial charge in [0.2, 0.25) is 0 Å². The molecule has 1 heterocycles. The van der Waals surface area contributed by atoms with Crippen molar-refractivity contribution in [3.63, 3.8) is 0 Å². The second-order valence-electron chi connectivity index (χ2n) is 5.46. The van der Waals surface area contributed by atoms with Crippen LogP contribution in [0.2, 0.25) is 0 Å². The summed E-state index contributed by atoms with van der Waals surface area (Å²) in [6.45, 7) is 8.64. The normalized spacial score (nSPS) is 27.4. The predicted octanol–water partition coefficient (Wildman–Crippen LogP) is 2.13. The quantitative estimate of drug-likeness (QED) is 0.745. The van der Waals surface area contributed by atoms with Gasteiger partial charge in [0.05, 0.1) is 6.10 Å². The predicted molar refractivity (Wildman–Crippen MR) is 75.2 cm³/mol. The van der Waals surface area contributed by atoms with E-state index < -0.39 is 11.5 Å². The Morgan fingerprint density at radius 3 is 2.72 bits per heavy atom. The summed E-state index contributed by atoms with van der Waals surface area (Å²) in [5.41, 5.74) is -0.829. The number of hydrogen-bond acceptors (Lipinski definition) is 4. The number of carboxylic acids is 1. The summed E-state index contributed by atoms with van der Waals surface area (Å²) in [6.07, 6.45) is 2.01. The van der Waals surface area contributed by atoms with Crippen LogP contribution < -0.4 is 5.32 Å². The van der Waals surface area contributed by atoms with Crippen LogP contribution in [0.25, 0.3) is 0 Å². The second kappa shape index (κ2) is 6.78. The Bertz CT molecular complexity index is 285. The molecule has 0 aromatic carbocycles. The van der Waals surface area contributed by atoms with E-state index >= 15 is 0 Å². The largest absolute Gasteiger partial charge is 0.480 e. The van der Waals surface area contributed by atoms with Gasteiger partial charge < -0.3 is 9.84 Å². The average Bonchev–Trinajstić information content (AvgIpc) is 2.63. The lowest BCUT2D eigenvalue weighted by Crippen LogP contribution is -2.52. The lowest BCUT2D eigenvalue weighted by molar-refractivity contribution is -0.144. The van der Waals surface area contributed by atoms with Crippen LogP contribution in [0.1, 0.15) is 40.5 Å². The lowest BCUT2D eigenvalue weighted by atomic mass is 9.98. The SMILES string of the molecule is CC(C)NC(C)(CCSC1CCOC1C)C(=O)O. The minimum absolute atomic E-state index is 0.171. The van der Waals surface area contributed by atoms with E-state index in [0.29, 0.717) is 17.8 Å². The molecular weight excluding hydrogens is 250 g/mol. The topological polar surface area (TPSA) is 58.6 Å². The molecule has 1 aliphatic rings. The third kappa shape index (κ3) is 4.44. The van der Waals surface area contributed by atoms with Crippen LogP contribution in [0, 0.1) is 0 Å². The van der Waals surface area contributed by atoms with Crippen molar-refractivity contribution in [2.75, 3.05) is 12.4 Å². The first-order valence-corrected chi connectivity index (χ1v) is 7.64. The molecule has 1 rings (SSSR count). The molecule has 106 valence electrons. The van der Waals surface area contributed by atoms with Gasteiger partial charge in [-0.05, 0) is 46.3 Å². The molecule has 18 heavy (non-hydrogen) atoms. The smallest absolute Gasteiger partial charge is 0.323 e. The van der Waals surface area contributed by atoms with Gasteiger partial charge in [-0.1, -0.05) is 0 Å². The third-order valence-corrected chi connectivity index (χ3v) is 4.81. The maximum atomic E-state index is 11.4. The van der Waals surface area contributed by atoms with Gasteiger partial charge >= 0.3 is 5.97 Å². The molecule has 0 aromatic heterocycles. The molecule has 0 spiro atoms. The molecule has 0 aliphatic carbocycles. The Labute approximate surface area is 114 Å². The summed E-state index contributed by atoms with van der Waals surface area (Å²) >= 11 is 1.84. The summed E-state index contributed by atoms with van der Waals surface area (Å²) in [6, 6.07) is 0.171. The fourth-order valence-electron chi connectivity index (χ4n) is 2.22. The molecule has 0 radical (unpaired) electrons. The van der Waals surface area contributed by atoms with Crippen LogP contribution in [0.15, 0.2) is 0 Å². The summed E-state index contributed by atoms with van der Waals surface area (Å²) in [4.78, 5) is 11.4. The van der Waals surface area contributed by atoms with Crippen molar-refractivity contribution in [3.8, 4) is 0 Å². The van der Waals surface area contributed by atoms with Crippen LogP contribution in [-0.2, 0) is 9.53 Å². The molecule has 3 unspecified atom stereocenters. The summed E-state index contributed by atoms with van der Waals surface area (Å²) in [5, 5.41) is 13.0. The Morgan fingerprint density at radius 2 is 2.28 bits per heavy atom. The van der Waals surface area contributed by atoms with Crippen LogP contribution in [0.4, 0.5) is 0 Å². The first-order valence-electron chi connectivity index (χ1n) is 6.59. The highest BCUT2D eigenvalue weighted by Crippen LogP contribution is 2.28. The van der Waals surface area contributed by atoms with Gasteiger partial charge in [0.1, 0.15) is 5.54 Å². The van der Waals surface area contributed by atoms with E-state index in [1.54, 1.807) is 6.92 Å². The molecule has 0 amide bonds. The molecule has 1 saturated heterocycles. The number of thioether (sulfide) groups is 1. The van der Waals surface area contributed by atoms with Crippen LogP contribution in [0.5, 0.6) is 0 Å². The monoisotopic (exact) mass is 275 g/mol. The second-order valence-corrected chi connectivity index (χ2v) is 6.81. The third-order valence-electron chi connectivity index (χ3n) is 3.32. The maximum Gasteiger partial charge on any atom is 0.323 e. The molecule has 2 N–H and O–H groups in total. The zero-order valence-corrected chi connectivity index (χ0v) is 12.5. The number of ether oxygens (including phenoxy) is 1. The zero-order valence-electron chi connectivity index (χ0n) is 11.7. The fourth-order valence-corrected chi connectivity index (χ4v) is 3.66. The summed E-state index contributed by atoms with van der Waals surface area (Å²) < 4.78 is 5.51. The molecule has 5 heteroatoms. The van der Waals surface area contributed by atoms with Gasteiger partial charge in [0, 0.05) is 17.9 Å². The number of rotatable bonds is 7. The van der Waals surface area contributed by atoms with E-state index in [-0.39, 0.29) is 6.04 Å². The van der Waals surface area contributed by atoms with Crippen molar-refractivity contribution in [1.29, 1.82) is 0 Å². The number of nitrogens with one attached hydrogen (secondary N) is 1. The highest BCUT2D eigenvalue weighted by atomic mass is 32.2. The van der Waals surface area contributed by atoms with E-state index in [4.69, 9.17) is 4.74 Å². The number of carbonyl (C=O) groups is 1. The van der Waals surface area contributed by atoms with Crippen LogP contribution >= 0.6 is 11.8 Å². The highest BCUT2D eigenvalue weighted by Gasteiger charge is 2.34. The zero-order chi connectivity index (χ0) is 13.8. The Morgan fingerprint density at radius 1 is 1.61 bits per heavy atom. The summed E-state index contributed by atoms with van der Waals surface area (Å²) in [5.74, 6) is 0.0773. The van der Waals surface area contributed by atoms with Crippen molar-refractivity contribution < 1.29 is 14.6 Å². The van der Waals surface area contributed by atoms with Crippen molar-refractivity contribution in [2.24, 2.45) is 0 Å². The van der Waals surface area contributed by atoms with Gasteiger partial charge in [-0.15, -0.1) is 0 Å². The van der Waals surface area contributed by atoms with Gasteiger partial charge in [-0.25, -0.2) is 0 Å². The molecule has 1 aliphatic heterocycles. The molecule has 0 bridgehead atoms. The lowest BCUT2D eigenvalue weighted by Gasteiger charge is -2.29. The van der Waals surface area contributed by atoms with E-state index in [2.05, 4.69) is 12.2 Å².